The van der Waals surface area contributed by atoms with Gasteiger partial charge in [-0.3, -0.25) is 4.79 Å². The highest BCUT2D eigenvalue weighted by Crippen LogP contribution is 2.30. The zero-order chi connectivity index (χ0) is 16.1. The van der Waals surface area contributed by atoms with Gasteiger partial charge in [-0.25, -0.2) is 9.97 Å². The number of aromatic amines is 1. The molecule has 0 fully saturated rings. The van der Waals surface area contributed by atoms with Gasteiger partial charge in [-0.1, -0.05) is 12.1 Å². The van der Waals surface area contributed by atoms with E-state index in [0.29, 0.717) is 5.82 Å². The molecule has 2 aromatic heterocycles. The van der Waals surface area contributed by atoms with Crippen molar-refractivity contribution in [2.45, 2.75) is 13.3 Å². The molecule has 6 nitrogen and oxygen atoms in total. The third-order valence-corrected chi connectivity index (χ3v) is 4.37. The van der Waals surface area contributed by atoms with Crippen molar-refractivity contribution in [3.05, 3.63) is 41.2 Å². The number of anilines is 1. The summed E-state index contributed by atoms with van der Waals surface area (Å²) in [6.07, 6.45) is 0.829. The van der Waals surface area contributed by atoms with Crippen LogP contribution < -0.4 is 5.73 Å². The molecule has 0 bridgehead atoms. The Morgan fingerprint density at radius 2 is 2.09 bits per heavy atom. The van der Waals surface area contributed by atoms with Gasteiger partial charge in [0.2, 0.25) is 0 Å². The normalized spacial score (nSPS) is 14.3. The highest BCUT2D eigenvalue weighted by Gasteiger charge is 2.24. The van der Waals surface area contributed by atoms with E-state index in [1.807, 2.05) is 38.2 Å². The summed E-state index contributed by atoms with van der Waals surface area (Å²) in [5.41, 5.74) is 11.7. The lowest BCUT2D eigenvalue weighted by molar-refractivity contribution is 0.0780. The lowest BCUT2D eigenvalue weighted by atomic mass is 10.1. The number of aryl methyl sites for hydroxylation is 1. The predicted octanol–water partition coefficient (Wildman–Crippen LogP) is 2.14. The standard InChI is InChI=1S/C17H17N5O/c1-9-16(18)21-15-10(4-3-5-13(15)19-9)14-8-11-12(20-14)6-7-22(2)17(11)23/h3-5,8,20H,6-7H2,1-2H3,(H2,18,21). The molecule has 4 rings (SSSR count). The molecule has 3 aromatic rings. The average Bonchev–Trinajstić information content (AvgIpc) is 2.96. The fourth-order valence-corrected chi connectivity index (χ4v) is 3.01. The molecule has 0 saturated carbocycles. The van der Waals surface area contributed by atoms with Crippen molar-refractivity contribution in [2.24, 2.45) is 0 Å². The number of hydrogen-bond acceptors (Lipinski definition) is 4. The number of rotatable bonds is 1. The number of aromatic nitrogens is 3. The Morgan fingerprint density at radius 3 is 2.91 bits per heavy atom. The van der Waals surface area contributed by atoms with Gasteiger partial charge in [0.15, 0.2) is 0 Å². The molecule has 1 amide bonds. The number of fused-ring (bicyclic) bond motifs is 2. The van der Waals surface area contributed by atoms with Crippen molar-refractivity contribution in [2.75, 3.05) is 19.3 Å². The second-order valence-corrected chi connectivity index (χ2v) is 5.92. The number of amides is 1. The molecule has 0 spiro atoms. The lowest BCUT2D eigenvalue weighted by Crippen LogP contribution is -2.33. The fourth-order valence-electron chi connectivity index (χ4n) is 3.01. The van der Waals surface area contributed by atoms with Crippen LogP contribution in [0.4, 0.5) is 5.82 Å². The van der Waals surface area contributed by atoms with Crippen LogP contribution in [0.25, 0.3) is 22.3 Å². The fraction of sp³-hybridized carbons (Fsp3) is 0.235. The van der Waals surface area contributed by atoms with E-state index in [-0.39, 0.29) is 5.91 Å². The minimum atomic E-state index is 0.0513. The van der Waals surface area contributed by atoms with E-state index in [9.17, 15) is 4.79 Å². The summed E-state index contributed by atoms with van der Waals surface area (Å²) in [6.45, 7) is 2.57. The smallest absolute Gasteiger partial charge is 0.255 e. The number of benzene rings is 1. The molecular formula is C17H17N5O. The summed E-state index contributed by atoms with van der Waals surface area (Å²) in [7, 11) is 1.82. The lowest BCUT2D eigenvalue weighted by Gasteiger charge is -2.21. The molecule has 23 heavy (non-hydrogen) atoms. The number of H-pyrrole nitrogens is 1. The maximum absolute atomic E-state index is 12.3. The number of nitrogen functional groups attached to an aromatic ring is 1. The highest BCUT2D eigenvalue weighted by molar-refractivity contribution is 5.99. The molecular weight excluding hydrogens is 290 g/mol. The first kappa shape index (κ1) is 13.8. The van der Waals surface area contributed by atoms with Gasteiger partial charge in [-0.15, -0.1) is 0 Å². The molecule has 0 atom stereocenters. The van der Waals surface area contributed by atoms with Crippen LogP contribution in [0.2, 0.25) is 0 Å². The van der Waals surface area contributed by atoms with Crippen molar-refractivity contribution in [1.29, 1.82) is 0 Å². The van der Waals surface area contributed by atoms with E-state index < -0.39 is 0 Å². The number of para-hydroxylation sites is 1. The maximum Gasteiger partial charge on any atom is 0.255 e. The zero-order valence-corrected chi connectivity index (χ0v) is 13.1. The molecule has 3 N–H and O–H groups in total. The van der Waals surface area contributed by atoms with Crippen LogP contribution >= 0.6 is 0 Å². The first-order valence-corrected chi connectivity index (χ1v) is 7.55. The topological polar surface area (TPSA) is 87.9 Å². The number of nitrogens with zero attached hydrogens (tertiary/aromatic N) is 3. The summed E-state index contributed by atoms with van der Waals surface area (Å²) in [5, 5.41) is 0. The Hall–Kier alpha value is -2.89. The number of nitrogens with two attached hydrogens (primary N) is 1. The van der Waals surface area contributed by atoms with E-state index in [1.54, 1.807) is 4.90 Å². The Morgan fingerprint density at radius 1 is 1.26 bits per heavy atom. The number of nitrogens with one attached hydrogen (secondary N) is 1. The first-order valence-electron chi connectivity index (χ1n) is 7.55. The minimum Gasteiger partial charge on any atom is -0.382 e. The summed E-state index contributed by atoms with van der Waals surface area (Å²) >= 11 is 0. The largest absolute Gasteiger partial charge is 0.382 e. The number of carbonyl (C=O) groups is 1. The zero-order valence-electron chi connectivity index (χ0n) is 13.1. The molecule has 0 radical (unpaired) electrons. The Balaban J connectivity index is 1.92. The van der Waals surface area contributed by atoms with Crippen LogP contribution in [0, 0.1) is 6.92 Å². The van der Waals surface area contributed by atoms with Crippen LogP contribution in [0.1, 0.15) is 21.7 Å². The molecule has 0 aliphatic carbocycles. The Labute approximate surface area is 133 Å². The second kappa shape index (κ2) is 4.81. The van der Waals surface area contributed by atoms with E-state index >= 15 is 0 Å². The number of hydrogen-bond donors (Lipinski definition) is 2. The highest BCUT2D eigenvalue weighted by atomic mass is 16.2. The molecule has 3 heterocycles. The summed E-state index contributed by atoms with van der Waals surface area (Å²) in [4.78, 5) is 26.4. The van der Waals surface area contributed by atoms with Crippen molar-refractivity contribution in [1.82, 2.24) is 19.9 Å². The number of carbonyl (C=O) groups excluding carboxylic acids is 1. The van der Waals surface area contributed by atoms with Gasteiger partial charge < -0.3 is 15.6 Å². The monoisotopic (exact) mass is 307 g/mol. The van der Waals surface area contributed by atoms with Crippen molar-refractivity contribution in [3.8, 4) is 11.3 Å². The summed E-state index contributed by atoms with van der Waals surface area (Å²) in [6, 6.07) is 7.73. The van der Waals surface area contributed by atoms with Crippen molar-refractivity contribution < 1.29 is 4.79 Å². The maximum atomic E-state index is 12.3. The molecule has 1 aliphatic heterocycles. The quantitative estimate of drug-likeness (QED) is 0.721. The van der Waals surface area contributed by atoms with E-state index in [4.69, 9.17) is 5.73 Å². The molecule has 0 saturated heterocycles. The van der Waals surface area contributed by atoms with Crippen molar-refractivity contribution >= 4 is 22.8 Å². The minimum absolute atomic E-state index is 0.0513. The Kier molecular flexibility index (Phi) is 2.87. The van der Waals surface area contributed by atoms with Crippen LogP contribution in [-0.4, -0.2) is 39.4 Å². The van der Waals surface area contributed by atoms with Gasteiger partial charge in [-0.05, 0) is 19.1 Å². The number of likely N-dealkylation sites (N-methyl/N-ethyl adjacent to an activating group) is 1. The van der Waals surface area contributed by atoms with Crippen LogP contribution in [0.3, 0.4) is 0 Å². The van der Waals surface area contributed by atoms with E-state index in [1.165, 1.54) is 0 Å². The van der Waals surface area contributed by atoms with Crippen LogP contribution in [-0.2, 0) is 6.42 Å². The first-order chi connectivity index (χ1) is 11.0. The molecule has 6 heteroatoms. The van der Waals surface area contributed by atoms with E-state index in [0.717, 1.165) is 52.2 Å². The molecule has 1 aromatic carbocycles. The van der Waals surface area contributed by atoms with Gasteiger partial charge in [0.1, 0.15) is 11.3 Å². The third-order valence-electron chi connectivity index (χ3n) is 4.37. The second-order valence-electron chi connectivity index (χ2n) is 5.92. The summed E-state index contributed by atoms with van der Waals surface area (Å²) in [5.74, 6) is 0.479. The predicted molar refractivity (Wildman–Crippen MR) is 89.1 cm³/mol. The Bertz CT molecular complexity index is 944. The van der Waals surface area contributed by atoms with Gasteiger partial charge in [0.05, 0.1) is 16.8 Å². The van der Waals surface area contributed by atoms with Gasteiger partial charge in [0.25, 0.3) is 5.91 Å². The van der Waals surface area contributed by atoms with Gasteiger partial charge in [-0.2, -0.15) is 0 Å². The van der Waals surface area contributed by atoms with Crippen LogP contribution in [0.5, 0.6) is 0 Å². The van der Waals surface area contributed by atoms with Crippen LogP contribution in [0.15, 0.2) is 24.3 Å². The SMILES string of the molecule is Cc1nc2cccc(-c3cc4c([nH]3)CCN(C)C4=O)c2nc1N. The average molecular weight is 307 g/mol. The third kappa shape index (κ3) is 2.06. The van der Waals surface area contributed by atoms with Gasteiger partial charge in [0, 0.05) is 37.0 Å². The molecule has 116 valence electrons. The van der Waals surface area contributed by atoms with E-state index in [2.05, 4.69) is 15.0 Å². The van der Waals surface area contributed by atoms with Crippen molar-refractivity contribution in [3.63, 3.8) is 0 Å². The van der Waals surface area contributed by atoms with Gasteiger partial charge >= 0.3 is 0 Å². The molecule has 0 unspecified atom stereocenters. The summed E-state index contributed by atoms with van der Waals surface area (Å²) < 4.78 is 0. The molecule has 1 aliphatic rings.